The molecule has 106 valence electrons. The molecule has 0 spiro atoms. The van der Waals surface area contributed by atoms with Crippen LogP contribution in [0.25, 0.3) is 0 Å². The van der Waals surface area contributed by atoms with Gasteiger partial charge in [0.25, 0.3) is 0 Å². The molecule has 2 heterocycles. The first kappa shape index (κ1) is 14.1. The maximum atomic E-state index is 11.4. The summed E-state index contributed by atoms with van der Waals surface area (Å²) in [6.07, 6.45) is 9.51. The molecule has 1 aliphatic heterocycles. The largest absolute Gasteiger partial charge is 0.480 e. The van der Waals surface area contributed by atoms with Crippen LogP contribution in [0, 0.1) is 5.92 Å². The van der Waals surface area contributed by atoms with Crippen molar-refractivity contribution in [3.63, 3.8) is 0 Å². The Bertz CT molecular complexity index is 391. The molecule has 1 fully saturated rings. The highest BCUT2D eigenvalue weighted by atomic mass is 16.4. The van der Waals surface area contributed by atoms with Gasteiger partial charge in [-0.05, 0) is 31.7 Å². The summed E-state index contributed by atoms with van der Waals surface area (Å²) in [5.41, 5.74) is 0. The van der Waals surface area contributed by atoms with E-state index in [0.29, 0.717) is 5.92 Å². The lowest BCUT2D eigenvalue weighted by atomic mass is 9.89. The number of carbonyl (C=O) groups is 1. The number of likely N-dealkylation sites (tertiary alicyclic amines) is 1. The van der Waals surface area contributed by atoms with E-state index in [2.05, 4.69) is 16.8 Å². The zero-order chi connectivity index (χ0) is 13.7. The van der Waals surface area contributed by atoms with Gasteiger partial charge in [-0.1, -0.05) is 13.3 Å². The van der Waals surface area contributed by atoms with Crippen LogP contribution in [0.15, 0.2) is 18.7 Å². The minimum atomic E-state index is -0.666. The molecular weight excluding hydrogens is 242 g/mol. The first-order chi connectivity index (χ1) is 9.20. The fraction of sp³-hybridized carbons (Fsp3) is 0.714. The number of aryl methyl sites for hydroxylation is 1. The number of carboxylic acids is 1. The van der Waals surface area contributed by atoms with Gasteiger partial charge in [0.05, 0.1) is 6.33 Å². The topological polar surface area (TPSA) is 58.4 Å². The Balaban J connectivity index is 1.82. The Morgan fingerprint density at radius 3 is 2.95 bits per heavy atom. The number of carboxylic acid groups (broad SMARTS) is 1. The highest BCUT2D eigenvalue weighted by Crippen LogP contribution is 2.25. The summed E-state index contributed by atoms with van der Waals surface area (Å²) in [6, 6.07) is -0.290. The molecule has 1 N–H and O–H groups in total. The zero-order valence-electron chi connectivity index (χ0n) is 11.5. The van der Waals surface area contributed by atoms with E-state index in [-0.39, 0.29) is 6.04 Å². The molecule has 0 saturated carbocycles. The Morgan fingerprint density at radius 2 is 2.32 bits per heavy atom. The van der Waals surface area contributed by atoms with Crippen LogP contribution in [0.2, 0.25) is 0 Å². The highest BCUT2D eigenvalue weighted by molar-refractivity contribution is 5.73. The lowest BCUT2D eigenvalue weighted by molar-refractivity contribution is -0.145. The van der Waals surface area contributed by atoms with Gasteiger partial charge in [0, 0.05) is 25.5 Å². The molecule has 0 bridgehead atoms. The van der Waals surface area contributed by atoms with E-state index in [4.69, 9.17) is 0 Å². The monoisotopic (exact) mass is 265 g/mol. The summed E-state index contributed by atoms with van der Waals surface area (Å²) in [4.78, 5) is 17.5. The Hall–Kier alpha value is -1.36. The van der Waals surface area contributed by atoms with Crippen molar-refractivity contribution >= 4 is 5.97 Å². The van der Waals surface area contributed by atoms with Gasteiger partial charge in [-0.25, -0.2) is 4.98 Å². The molecule has 0 aliphatic carbocycles. The van der Waals surface area contributed by atoms with Gasteiger partial charge in [0.2, 0.25) is 0 Å². The minimum Gasteiger partial charge on any atom is -0.480 e. The van der Waals surface area contributed by atoms with E-state index in [0.717, 1.165) is 45.3 Å². The number of piperidine rings is 1. The van der Waals surface area contributed by atoms with E-state index in [1.165, 1.54) is 0 Å². The van der Waals surface area contributed by atoms with Crippen molar-refractivity contribution in [2.75, 3.05) is 13.1 Å². The average molecular weight is 265 g/mol. The Labute approximate surface area is 114 Å². The summed E-state index contributed by atoms with van der Waals surface area (Å²) >= 11 is 0. The lowest BCUT2D eigenvalue weighted by Crippen LogP contribution is -2.47. The molecular formula is C14H23N3O2. The average Bonchev–Trinajstić information content (AvgIpc) is 2.92. The molecule has 19 heavy (non-hydrogen) atoms. The number of hydrogen-bond acceptors (Lipinski definition) is 3. The summed E-state index contributed by atoms with van der Waals surface area (Å²) in [6.45, 7) is 4.82. The molecule has 1 aliphatic rings. The fourth-order valence-corrected chi connectivity index (χ4v) is 2.86. The molecule has 0 radical (unpaired) electrons. The van der Waals surface area contributed by atoms with Crippen LogP contribution in [0.1, 0.15) is 32.6 Å². The van der Waals surface area contributed by atoms with Crippen LogP contribution in [-0.2, 0) is 11.3 Å². The molecule has 2 rings (SSSR count). The van der Waals surface area contributed by atoms with E-state index in [1.54, 1.807) is 12.5 Å². The molecule has 1 aromatic rings. The summed E-state index contributed by atoms with van der Waals surface area (Å²) in [5.74, 6) is -0.0909. The fourth-order valence-electron chi connectivity index (χ4n) is 2.86. The van der Waals surface area contributed by atoms with Crippen LogP contribution in [0.3, 0.4) is 0 Å². The maximum absolute atomic E-state index is 11.4. The number of imidazole rings is 1. The van der Waals surface area contributed by atoms with Gasteiger partial charge in [0.15, 0.2) is 0 Å². The predicted molar refractivity (Wildman–Crippen MR) is 72.9 cm³/mol. The highest BCUT2D eigenvalue weighted by Gasteiger charge is 2.32. The Morgan fingerprint density at radius 1 is 1.47 bits per heavy atom. The van der Waals surface area contributed by atoms with Crippen molar-refractivity contribution in [2.24, 2.45) is 5.92 Å². The van der Waals surface area contributed by atoms with Gasteiger partial charge < -0.3 is 9.67 Å². The third-order valence-electron chi connectivity index (χ3n) is 4.11. The van der Waals surface area contributed by atoms with E-state index < -0.39 is 5.97 Å². The van der Waals surface area contributed by atoms with Gasteiger partial charge in [-0.3, -0.25) is 9.69 Å². The first-order valence-electron chi connectivity index (χ1n) is 7.13. The van der Waals surface area contributed by atoms with Crippen LogP contribution < -0.4 is 0 Å². The molecule has 5 heteroatoms. The van der Waals surface area contributed by atoms with Crippen LogP contribution in [-0.4, -0.2) is 44.7 Å². The molecule has 1 aromatic heterocycles. The zero-order valence-corrected chi connectivity index (χ0v) is 11.5. The van der Waals surface area contributed by atoms with Crippen LogP contribution in [0.4, 0.5) is 0 Å². The first-order valence-corrected chi connectivity index (χ1v) is 7.13. The van der Waals surface area contributed by atoms with Crippen molar-refractivity contribution < 1.29 is 9.90 Å². The maximum Gasteiger partial charge on any atom is 0.320 e. The number of rotatable bonds is 6. The normalized spacial score (nSPS) is 24.5. The lowest BCUT2D eigenvalue weighted by Gasteiger charge is -2.36. The molecule has 1 saturated heterocycles. The predicted octanol–water partition coefficient (Wildman–Crippen LogP) is 1.85. The third kappa shape index (κ3) is 3.80. The van der Waals surface area contributed by atoms with Gasteiger partial charge >= 0.3 is 5.97 Å². The number of hydrogen-bond donors (Lipinski definition) is 1. The van der Waals surface area contributed by atoms with Crippen molar-refractivity contribution in [2.45, 2.75) is 45.2 Å². The van der Waals surface area contributed by atoms with E-state index >= 15 is 0 Å². The second-order valence-electron chi connectivity index (χ2n) is 5.34. The molecule has 5 nitrogen and oxygen atoms in total. The van der Waals surface area contributed by atoms with E-state index in [9.17, 15) is 9.90 Å². The second kappa shape index (κ2) is 6.70. The summed E-state index contributed by atoms with van der Waals surface area (Å²) < 4.78 is 2.04. The van der Waals surface area contributed by atoms with Crippen molar-refractivity contribution in [1.82, 2.24) is 14.5 Å². The molecule has 2 unspecified atom stereocenters. The SMILES string of the molecule is CCC1CCN(CCCn2ccnc2)C(C(=O)O)C1. The molecule has 0 aromatic carbocycles. The van der Waals surface area contributed by atoms with Crippen molar-refractivity contribution in [3.8, 4) is 0 Å². The Kier molecular flexibility index (Phi) is 4.96. The number of aliphatic carboxylic acids is 1. The minimum absolute atomic E-state index is 0.290. The smallest absolute Gasteiger partial charge is 0.320 e. The van der Waals surface area contributed by atoms with Crippen LogP contribution >= 0.6 is 0 Å². The molecule has 2 atom stereocenters. The quantitative estimate of drug-likeness (QED) is 0.852. The van der Waals surface area contributed by atoms with Crippen molar-refractivity contribution in [1.29, 1.82) is 0 Å². The number of nitrogens with zero attached hydrogens (tertiary/aromatic N) is 3. The summed E-state index contributed by atoms with van der Waals surface area (Å²) in [5, 5.41) is 9.35. The van der Waals surface area contributed by atoms with Gasteiger partial charge in [-0.2, -0.15) is 0 Å². The van der Waals surface area contributed by atoms with Gasteiger partial charge in [0.1, 0.15) is 6.04 Å². The summed E-state index contributed by atoms with van der Waals surface area (Å²) in [7, 11) is 0. The van der Waals surface area contributed by atoms with E-state index in [1.807, 2.05) is 10.8 Å². The third-order valence-corrected chi connectivity index (χ3v) is 4.11. The second-order valence-corrected chi connectivity index (χ2v) is 5.34. The number of aromatic nitrogens is 2. The molecule has 0 amide bonds. The standard InChI is InChI=1S/C14H23N3O2/c1-2-12-4-8-17(13(10-12)14(18)19)7-3-6-16-9-5-15-11-16/h5,9,11-13H,2-4,6-8,10H2,1H3,(H,18,19). The van der Waals surface area contributed by atoms with Crippen molar-refractivity contribution in [3.05, 3.63) is 18.7 Å². The van der Waals surface area contributed by atoms with Gasteiger partial charge in [-0.15, -0.1) is 0 Å². The van der Waals surface area contributed by atoms with Crippen LogP contribution in [0.5, 0.6) is 0 Å².